The number of aromatic nitrogens is 4. The van der Waals surface area contributed by atoms with E-state index in [4.69, 9.17) is 4.55 Å². The molecular weight excluding hydrogens is 306 g/mol. The van der Waals surface area contributed by atoms with E-state index < -0.39 is 15.7 Å². The molecule has 0 aliphatic heterocycles. The summed E-state index contributed by atoms with van der Waals surface area (Å²) >= 11 is 0. The van der Waals surface area contributed by atoms with Gasteiger partial charge in [-0.05, 0) is 32.2 Å². The van der Waals surface area contributed by atoms with Crippen LogP contribution in [0.2, 0.25) is 0 Å². The number of hydrogen-bond donors (Lipinski definition) is 3. The SMILES string of the molecule is CC(CC1CCCCC1)(NCCCS(=O)(=O)O)c1nn[nH]n1. The van der Waals surface area contributed by atoms with Crippen molar-refractivity contribution in [3.8, 4) is 0 Å². The van der Waals surface area contributed by atoms with Gasteiger partial charge in [-0.3, -0.25) is 4.55 Å². The van der Waals surface area contributed by atoms with Gasteiger partial charge in [-0.2, -0.15) is 13.6 Å². The third kappa shape index (κ3) is 5.29. The first-order valence-electron chi connectivity index (χ1n) is 7.83. The molecule has 126 valence electrons. The van der Waals surface area contributed by atoms with E-state index in [-0.39, 0.29) is 5.75 Å². The number of nitrogens with one attached hydrogen (secondary N) is 2. The summed E-state index contributed by atoms with van der Waals surface area (Å²) in [5, 5.41) is 17.7. The predicted molar refractivity (Wildman–Crippen MR) is 81.8 cm³/mol. The van der Waals surface area contributed by atoms with E-state index >= 15 is 0 Å². The molecular formula is C13H25N5O3S. The zero-order chi connectivity index (χ0) is 16.1. The maximum Gasteiger partial charge on any atom is 0.264 e. The molecule has 22 heavy (non-hydrogen) atoms. The second-order valence-corrected chi connectivity index (χ2v) is 7.91. The second kappa shape index (κ2) is 7.47. The molecule has 1 heterocycles. The summed E-state index contributed by atoms with van der Waals surface area (Å²) in [6.45, 7) is 2.50. The Morgan fingerprint density at radius 1 is 1.36 bits per heavy atom. The molecule has 8 nitrogen and oxygen atoms in total. The maximum atomic E-state index is 10.8. The largest absolute Gasteiger partial charge is 0.305 e. The van der Waals surface area contributed by atoms with Crippen molar-refractivity contribution in [3.05, 3.63) is 5.82 Å². The third-order valence-electron chi connectivity index (χ3n) is 4.35. The Labute approximate surface area is 131 Å². The minimum Gasteiger partial charge on any atom is -0.305 e. The first-order valence-corrected chi connectivity index (χ1v) is 9.44. The molecule has 1 fully saturated rings. The maximum absolute atomic E-state index is 10.8. The molecule has 2 rings (SSSR count). The predicted octanol–water partition coefficient (Wildman–Crippen LogP) is 1.25. The van der Waals surface area contributed by atoms with Crippen LogP contribution in [0.4, 0.5) is 0 Å². The van der Waals surface area contributed by atoms with E-state index in [1.165, 1.54) is 32.1 Å². The minimum absolute atomic E-state index is 0.244. The highest BCUT2D eigenvalue weighted by Crippen LogP contribution is 2.34. The van der Waals surface area contributed by atoms with Crippen molar-refractivity contribution in [2.24, 2.45) is 5.92 Å². The molecule has 0 spiro atoms. The summed E-state index contributed by atoms with van der Waals surface area (Å²) in [5.41, 5.74) is -0.436. The average Bonchev–Trinajstić information content (AvgIpc) is 2.99. The lowest BCUT2D eigenvalue weighted by Crippen LogP contribution is -2.43. The molecule has 0 bridgehead atoms. The highest BCUT2D eigenvalue weighted by molar-refractivity contribution is 7.85. The summed E-state index contributed by atoms with van der Waals surface area (Å²) in [5.74, 6) is 0.974. The van der Waals surface area contributed by atoms with Crippen LogP contribution in [0.1, 0.15) is 57.7 Å². The lowest BCUT2D eigenvalue weighted by molar-refractivity contribution is 0.224. The van der Waals surface area contributed by atoms with Gasteiger partial charge in [0.15, 0.2) is 5.82 Å². The van der Waals surface area contributed by atoms with E-state index in [1.54, 1.807) is 0 Å². The highest BCUT2D eigenvalue weighted by Gasteiger charge is 2.34. The Morgan fingerprint density at radius 2 is 2.09 bits per heavy atom. The Morgan fingerprint density at radius 3 is 2.68 bits per heavy atom. The van der Waals surface area contributed by atoms with E-state index in [0.29, 0.717) is 24.7 Å². The molecule has 0 amide bonds. The van der Waals surface area contributed by atoms with E-state index in [9.17, 15) is 8.42 Å². The van der Waals surface area contributed by atoms with Crippen LogP contribution in [0.5, 0.6) is 0 Å². The van der Waals surface area contributed by atoms with Crippen molar-refractivity contribution in [3.63, 3.8) is 0 Å². The molecule has 9 heteroatoms. The zero-order valence-corrected chi connectivity index (χ0v) is 13.8. The monoisotopic (exact) mass is 331 g/mol. The van der Waals surface area contributed by atoms with Gasteiger partial charge in [-0.1, -0.05) is 37.3 Å². The van der Waals surface area contributed by atoms with Gasteiger partial charge < -0.3 is 5.32 Å². The Bertz CT molecular complexity index is 542. The highest BCUT2D eigenvalue weighted by atomic mass is 32.2. The van der Waals surface area contributed by atoms with Crippen molar-refractivity contribution >= 4 is 10.1 Å². The van der Waals surface area contributed by atoms with Crippen molar-refractivity contribution in [1.29, 1.82) is 0 Å². The quantitative estimate of drug-likeness (QED) is 0.484. The zero-order valence-electron chi connectivity index (χ0n) is 13.0. The normalized spacial score (nSPS) is 19.9. The van der Waals surface area contributed by atoms with E-state index in [2.05, 4.69) is 25.9 Å². The van der Waals surface area contributed by atoms with Gasteiger partial charge in [-0.25, -0.2) is 0 Å². The fraction of sp³-hybridized carbons (Fsp3) is 0.923. The fourth-order valence-corrected chi connectivity index (χ4v) is 3.73. The fourth-order valence-electron chi connectivity index (χ4n) is 3.23. The summed E-state index contributed by atoms with van der Waals surface area (Å²) in [7, 11) is -3.91. The van der Waals surface area contributed by atoms with Gasteiger partial charge in [0.25, 0.3) is 10.1 Å². The van der Waals surface area contributed by atoms with Crippen LogP contribution in [0.15, 0.2) is 0 Å². The van der Waals surface area contributed by atoms with Crippen molar-refractivity contribution in [2.45, 2.75) is 57.4 Å². The summed E-state index contributed by atoms with van der Waals surface area (Å²) in [4.78, 5) is 0. The van der Waals surface area contributed by atoms with Crippen molar-refractivity contribution in [1.82, 2.24) is 25.9 Å². The topological polar surface area (TPSA) is 121 Å². The van der Waals surface area contributed by atoms with E-state index in [0.717, 1.165) is 6.42 Å². The van der Waals surface area contributed by atoms with Crippen LogP contribution < -0.4 is 5.32 Å². The van der Waals surface area contributed by atoms with Crippen LogP contribution in [-0.2, 0) is 15.7 Å². The summed E-state index contributed by atoms with van der Waals surface area (Å²) in [6, 6.07) is 0. The Kier molecular flexibility index (Phi) is 5.87. The second-order valence-electron chi connectivity index (χ2n) is 6.34. The summed E-state index contributed by atoms with van der Waals surface area (Å²) < 4.78 is 30.4. The molecule has 0 saturated heterocycles. The number of aromatic amines is 1. The van der Waals surface area contributed by atoms with Gasteiger partial charge in [0, 0.05) is 0 Å². The Balaban J connectivity index is 1.96. The van der Waals surface area contributed by atoms with Crippen LogP contribution in [0.25, 0.3) is 0 Å². The molecule has 3 N–H and O–H groups in total. The van der Waals surface area contributed by atoms with Crippen LogP contribution in [0, 0.1) is 5.92 Å². The van der Waals surface area contributed by atoms with Gasteiger partial charge >= 0.3 is 0 Å². The van der Waals surface area contributed by atoms with Gasteiger partial charge in [0.2, 0.25) is 0 Å². The minimum atomic E-state index is -3.91. The molecule has 1 aliphatic carbocycles. The van der Waals surface area contributed by atoms with Crippen LogP contribution in [-0.4, -0.2) is 45.9 Å². The number of rotatable bonds is 8. The van der Waals surface area contributed by atoms with Gasteiger partial charge in [0.1, 0.15) is 0 Å². The first-order chi connectivity index (χ1) is 10.4. The van der Waals surface area contributed by atoms with Gasteiger partial charge in [0.05, 0.1) is 11.3 Å². The smallest absolute Gasteiger partial charge is 0.264 e. The molecule has 1 aromatic rings. The molecule has 1 unspecified atom stereocenters. The molecule has 1 aliphatic rings. The van der Waals surface area contributed by atoms with Crippen LogP contribution in [0.3, 0.4) is 0 Å². The molecule has 1 atom stereocenters. The molecule has 0 radical (unpaired) electrons. The number of nitrogens with zero attached hydrogens (tertiary/aromatic N) is 3. The lowest BCUT2D eigenvalue weighted by atomic mass is 9.79. The van der Waals surface area contributed by atoms with E-state index in [1.807, 2.05) is 6.92 Å². The molecule has 0 aromatic carbocycles. The molecule has 1 saturated carbocycles. The Hall–Kier alpha value is -1.06. The lowest BCUT2D eigenvalue weighted by Gasteiger charge is -2.33. The number of tetrazole rings is 1. The number of hydrogen-bond acceptors (Lipinski definition) is 6. The summed E-state index contributed by atoms with van der Waals surface area (Å²) in [6.07, 6.45) is 7.48. The van der Waals surface area contributed by atoms with Crippen LogP contribution >= 0.6 is 0 Å². The van der Waals surface area contributed by atoms with Gasteiger partial charge in [-0.15, -0.1) is 10.2 Å². The standard InChI is InChI=1S/C13H25N5O3S/c1-13(12-15-17-18-16-12,10-11-6-3-2-4-7-11)14-8-5-9-22(19,20)21/h11,14H,2-10H2,1H3,(H,19,20,21)(H,15,16,17,18). The van der Waals surface area contributed by atoms with Crippen molar-refractivity contribution in [2.75, 3.05) is 12.3 Å². The van der Waals surface area contributed by atoms with Crippen molar-refractivity contribution < 1.29 is 13.0 Å². The third-order valence-corrected chi connectivity index (χ3v) is 5.16. The average molecular weight is 331 g/mol. The molecule has 1 aromatic heterocycles. The first kappa shape index (κ1) is 17.3. The number of H-pyrrole nitrogens is 1.